The van der Waals surface area contributed by atoms with Crippen molar-refractivity contribution in [2.24, 2.45) is 0 Å². The summed E-state index contributed by atoms with van der Waals surface area (Å²) in [6, 6.07) is 16.2. The highest BCUT2D eigenvalue weighted by Crippen LogP contribution is 2.19. The molecule has 1 atom stereocenters. The molecular weight excluding hydrogens is 262 g/mol. The van der Waals surface area contributed by atoms with E-state index in [-0.39, 0.29) is 0 Å². The minimum Gasteiger partial charge on any atom is -0.387 e. The van der Waals surface area contributed by atoms with E-state index in [4.69, 9.17) is 0 Å². The number of benzene rings is 2. The van der Waals surface area contributed by atoms with Crippen LogP contribution in [0.2, 0.25) is 0 Å². The first kappa shape index (κ1) is 13.8. The van der Waals surface area contributed by atoms with Crippen LogP contribution in [0.25, 0.3) is 10.8 Å². The van der Waals surface area contributed by atoms with E-state index < -0.39 is 6.10 Å². The quantitative estimate of drug-likeness (QED) is 0.682. The molecule has 21 heavy (non-hydrogen) atoms. The molecule has 0 aliphatic heterocycles. The smallest absolute Gasteiger partial charge is 0.0914 e. The molecule has 0 bridgehead atoms. The van der Waals surface area contributed by atoms with Crippen LogP contribution in [-0.4, -0.2) is 28.0 Å². The minimum atomic E-state index is -0.493. The van der Waals surface area contributed by atoms with E-state index >= 15 is 0 Å². The Morgan fingerprint density at radius 2 is 1.95 bits per heavy atom. The van der Waals surface area contributed by atoms with Crippen LogP contribution in [0.5, 0.6) is 0 Å². The maximum absolute atomic E-state index is 10.3. The number of hydrogen-bond donors (Lipinski definition) is 2. The van der Waals surface area contributed by atoms with E-state index in [1.807, 2.05) is 35.1 Å². The number of hydrogen-bond acceptors (Lipinski definition) is 3. The third-order valence-electron chi connectivity index (χ3n) is 3.57. The molecule has 2 aromatic carbocycles. The van der Waals surface area contributed by atoms with Gasteiger partial charge in [0.1, 0.15) is 0 Å². The maximum Gasteiger partial charge on any atom is 0.0914 e. The highest BCUT2D eigenvalue weighted by Gasteiger charge is 2.07. The summed E-state index contributed by atoms with van der Waals surface area (Å²) in [7, 11) is 0. The number of nitrogens with one attached hydrogen (secondary N) is 1. The molecular formula is C17H19N3O. The van der Waals surface area contributed by atoms with Crippen molar-refractivity contribution in [3.63, 3.8) is 0 Å². The van der Waals surface area contributed by atoms with Gasteiger partial charge in [-0.25, -0.2) is 0 Å². The fraction of sp³-hybridized carbons (Fsp3) is 0.235. The second-order valence-corrected chi connectivity index (χ2v) is 5.10. The van der Waals surface area contributed by atoms with Gasteiger partial charge >= 0.3 is 0 Å². The van der Waals surface area contributed by atoms with Crippen molar-refractivity contribution in [1.29, 1.82) is 0 Å². The van der Waals surface area contributed by atoms with Gasteiger partial charge in [-0.3, -0.25) is 4.68 Å². The number of aromatic nitrogens is 2. The topological polar surface area (TPSA) is 50.1 Å². The maximum atomic E-state index is 10.3. The van der Waals surface area contributed by atoms with Gasteiger partial charge in [0.2, 0.25) is 0 Å². The molecule has 0 fully saturated rings. The van der Waals surface area contributed by atoms with Crippen molar-refractivity contribution in [2.75, 3.05) is 13.1 Å². The first-order chi connectivity index (χ1) is 10.3. The Labute approximate surface area is 124 Å². The first-order valence-corrected chi connectivity index (χ1v) is 7.18. The van der Waals surface area contributed by atoms with Crippen LogP contribution in [0.4, 0.5) is 0 Å². The van der Waals surface area contributed by atoms with Gasteiger partial charge in [0, 0.05) is 25.5 Å². The molecule has 108 valence electrons. The lowest BCUT2D eigenvalue weighted by molar-refractivity contribution is 0.174. The summed E-state index contributed by atoms with van der Waals surface area (Å²) in [6.07, 6.45) is 3.21. The summed E-state index contributed by atoms with van der Waals surface area (Å²) in [5.74, 6) is 0. The monoisotopic (exact) mass is 281 g/mol. The van der Waals surface area contributed by atoms with Crippen LogP contribution in [0, 0.1) is 0 Å². The zero-order valence-corrected chi connectivity index (χ0v) is 11.8. The third kappa shape index (κ3) is 3.48. The molecule has 0 saturated heterocycles. The van der Waals surface area contributed by atoms with Crippen molar-refractivity contribution in [1.82, 2.24) is 15.1 Å². The molecule has 4 heteroatoms. The second-order valence-electron chi connectivity index (χ2n) is 5.10. The lowest BCUT2D eigenvalue weighted by atomic mass is 10.0. The van der Waals surface area contributed by atoms with E-state index in [2.05, 4.69) is 34.7 Å². The van der Waals surface area contributed by atoms with Gasteiger partial charge in [-0.1, -0.05) is 36.4 Å². The minimum absolute atomic E-state index is 0.493. The molecule has 0 aliphatic rings. The van der Waals surface area contributed by atoms with Gasteiger partial charge in [-0.2, -0.15) is 5.10 Å². The van der Waals surface area contributed by atoms with Crippen LogP contribution in [-0.2, 0) is 6.54 Å². The van der Waals surface area contributed by atoms with E-state index in [0.717, 1.165) is 24.0 Å². The van der Waals surface area contributed by atoms with Crippen LogP contribution in [0.1, 0.15) is 11.7 Å². The van der Waals surface area contributed by atoms with Gasteiger partial charge in [-0.05, 0) is 28.5 Å². The lowest BCUT2D eigenvalue weighted by Gasteiger charge is -2.13. The molecule has 3 aromatic rings. The fourth-order valence-electron chi connectivity index (χ4n) is 2.40. The fourth-order valence-corrected chi connectivity index (χ4v) is 2.40. The molecule has 3 rings (SSSR count). The zero-order valence-electron chi connectivity index (χ0n) is 11.8. The van der Waals surface area contributed by atoms with Crippen molar-refractivity contribution >= 4 is 10.8 Å². The van der Waals surface area contributed by atoms with Crippen LogP contribution in [0.3, 0.4) is 0 Å². The van der Waals surface area contributed by atoms with E-state index in [1.165, 1.54) is 5.39 Å². The largest absolute Gasteiger partial charge is 0.387 e. The van der Waals surface area contributed by atoms with Gasteiger partial charge in [0.05, 0.1) is 12.6 Å². The second kappa shape index (κ2) is 6.52. The molecule has 0 aliphatic carbocycles. The number of fused-ring (bicyclic) bond motifs is 1. The van der Waals surface area contributed by atoms with E-state index in [9.17, 15) is 5.11 Å². The summed E-state index contributed by atoms with van der Waals surface area (Å²) in [5.41, 5.74) is 0.945. The molecule has 0 spiro atoms. The molecule has 1 unspecified atom stereocenters. The molecule has 0 amide bonds. The van der Waals surface area contributed by atoms with Gasteiger partial charge in [0.25, 0.3) is 0 Å². The van der Waals surface area contributed by atoms with Crippen LogP contribution < -0.4 is 5.32 Å². The van der Waals surface area contributed by atoms with Gasteiger partial charge in [-0.15, -0.1) is 0 Å². The van der Waals surface area contributed by atoms with E-state index in [1.54, 1.807) is 6.20 Å². The summed E-state index contributed by atoms with van der Waals surface area (Å²) in [5, 5.41) is 20.0. The molecule has 4 nitrogen and oxygen atoms in total. The molecule has 1 aromatic heterocycles. The average molecular weight is 281 g/mol. The Bertz CT molecular complexity index is 694. The van der Waals surface area contributed by atoms with Crippen molar-refractivity contribution < 1.29 is 5.11 Å². The number of nitrogens with zero attached hydrogens (tertiary/aromatic N) is 2. The predicted molar refractivity (Wildman–Crippen MR) is 84.0 cm³/mol. The lowest BCUT2D eigenvalue weighted by Crippen LogP contribution is -2.25. The highest BCUT2D eigenvalue weighted by atomic mass is 16.3. The van der Waals surface area contributed by atoms with E-state index in [0.29, 0.717) is 6.54 Å². The van der Waals surface area contributed by atoms with Crippen molar-refractivity contribution in [2.45, 2.75) is 12.6 Å². The van der Waals surface area contributed by atoms with Crippen LogP contribution in [0.15, 0.2) is 60.9 Å². The molecule has 1 heterocycles. The Kier molecular flexibility index (Phi) is 4.28. The zero-order chi connectivity index (χ0) is 14.5. The van der Waals surface area contributed by atoms with Crippen LogP contribution >= 0.6 is 0 Å². The highest BCUT2D eigenvalue weighted by molar-refractivity contribution is 5.83. The van der Waals surface area contributed by atoms with Crippen molar-refractivity contribution in [3.8, 4) is 0 Å². The summed E-state index contributed by atoms with van der Waals surface area (Å²) < 4.78 is 1.87. The molecule has 2 N–H and O–H groups in total. The number of aliphatic hydroxyl groups is 1. The SMILES string of the molecule is OC(CNCCn1cccn1)c1ccc2ccccc2c1. The molecule has 0 radical (unpaired) electrons. The standard InChI is InChI=1S/C17H19N3O/c21-17(13-18-9-11-20-10-3-8-19-20)16-7-6-14-4-1-2-5-15(14)12-16/h1-8,10,12,17-18,21H,9,11,13H2. The Balaban J connectivity index is 1.55. The molecule has 0 saturated carbocycles. The Morgan fingerprint density at radius 3 is 2.76 bits per heavy atom. The van der Waals surface area contributed by atoms with Gasteiger partial charge < -0.3 is 10.4 Å². The van der Waals surface area contributed by atoms with Crippen molar-refractivity contribution in [3.05, 3.63) is 66.5 Å². The predicted octanol–water partition coefficient (Wildman–Crippen LogP) is 2.36. The third-order valence-corrected chi connectivity index (χ3v) is 3.57. The summed E-state index contributed by atoms with van der Waals surface area (Å²) in [4.78, 5) is 0. The summed E-state index contributed by atoms with van der Waals surface area (Å²) in [6.45, 7) is 2.13. The average Bonchev–Trinajstić information content (AvgIpc) is 3.04. The first-order valence-electron chi connectivity index (χ1n) is 7.18. The Hall–Kier alpha value is -2.17. The number of aliphatic hydroxyl groups excluding tert-OH is 1. The number of rotatable bonds is 6. The summed E-state index contributed by atoms with van der Waals surface area (Å²) >= 11 is 0. The van der Waals surface area contributed by atoms with Gasteiger partial charge in [0.15, 0.2) is 0 Å². The normalized spacial score (nSPS) is 12.6. The Morgan fingerprint density at radius 1 is 1.10 bits per heavy atom.